The molecule has 0 aliphatic rings. The molecule has 3 rings (SSSR count). The summed E-state index contributed by atoms with van der Waals surface area (Å²) in [6.07, 6.45) is 4.96. The number of hydrogen-bond acceptors (Lipinski definition) is 5. The molecule has 0 spiro atoms. The van der Waals surface area contributed by atoms with E-state index in [1.807, 2.05) is 12.1 Å². The second kappa shape index (κ2) is 7.04. The third-order valence-electron chi connectivity index (χ3n) is 3.44. The van der Waals surface area contributed by atoms with Crippen LogP contribution < -0.4 is 15.4 Å². The molecule has 3 aromatic rings. The van der Waals surface area contributed by atoms with Gasteiger partial charge in [-0.15, -0.1) is 0 Å². The molecule has 0 saturated carbocycles. The number of halogens is 1. The van der Waals surface area contributed by atoms with Crippen LogP contribution in [0.5, 0.6) is 0 Å². The Hall–Kier alpha value is -2.35. The van der Waals surface area contributed by atoms with E-state index in [0.717, 1.165) is 38.6 Å². The van der Waals surface area contributed by atoms with Crippen LogP contribution in [0.1, 0.15) is 19.4 Å². The molecule has 8 heteroatoms. The third kappa shape index (κ3) is 3.76. The van der Waals surface area contributed by atoms with Crippen LogP contribution in [0.15, 0.2) is 41.3 Å². The van der Waals surface area contributed by atoms with E-state index < -0.39 is 0 Å². The van der Waals surface area contributed by atoms with Crippen molar-refractivity contribution < 1.29 is 9.94 Å². The van der Waals surface area contributed by atoms with Crippen molar-refractivity contribution >= 4 is 33.2 Å². The summed E-state index contributed by atoms with van der Waals surface area (Å²) in [4.78, 5) is 4.59. The predicted molar refractivity (Wildman–Crippen MR) is 95.2 cm³/mol. The fourth-order valence-corrected chi connectivity index (χ4v) is 2.62. The van der Waals surface area contributed by atoms with Gasteiger partial charge in [0, 0.05) is 35.5 Å². The van der Waals surface area contributed by atoms with Crippen molar-refractivity contribution in [3.05, 3.63) is 46.8 Å². The minimum Gasteiger partial charge on any atom is -0.370 e. The molecule has 7 nitrogen and oxygen atoms in total. The smallest absolute Gasteiger partial charge is 0.227 e. The Morgan fingerprint density at radius 1 is 1.38 bits per heavy atom. The van der Waals surface area contributed by atoms with Gasteiger partial charge in [-0.05, 0) is 27.9 Å². The van der Waals surface area contributed by atoms with Gasteiger partial charge in [0.1, 0.15) is 11.6 Å². The highest BCUT2D eigenvalue weighted by atomic mass is 79.9. The molecule has 0 aliphatic carbocycles. The van der Waals surface area contributed by atoms with Gasteiger partial charge in [0.05, 0.1) is 10.7 Å². The summed E-state index contributed by atoms with van der Waals surface area (Å²) in [5.41, 5.74) is 1.70. The summed E-state index contributed by atoms with van der Waals surface area (Å²) in [5.74, 6) is 2.15. The van der Waals surface area contributed by atoms with Crippen molar-refractivity contribution in [2.45, 2.75) is 20.4 Å². The SMILES string of the molecule is CC(C)CNc1cc(NCc2ccc[n+](O)c2)n2ncc(Br)c2n1. The topological polar surface area (TPSA) is 78.4 Å². The van der Waals surface area contributed by atoms with E-state index >= 15 is 0 Å². The zero-order valence-electron chi connectivity index (χ0n) is 13.6. The summed E-state index contributed by atoms with van der Waals surface area (Å²) in [7, 11) is 0. The third-order valence-corrected chi connectivity index (χ3v) is 4.00. The first-order valence-corrected chi connectivity index (χ1v) is 8.53. The molecule has 3 N–H and O–H groups in total. The summed E-state index contributed by atoms with van der Waals surface area (Å²) in [5, 5.41) is 20.5. The molecular formula is C16H20BrN6O+. The van der Waals surface area contributed by atoms with Crippen LogP contribution in [0.4, 0.5) is 11.6 Å². The second-order valence-electron chi connectivity index (χ2n) is 5.98. The van der Waals surface area contributed by atoms with E-state index in [-0.39, 0.29) is 0 Å². The number of aromatic nitrogens is 4. The highest BCUT2D eigenvalue weighted by Gasteiger charge is 2.11. The number of anilines is 2. The summed E-state index contributed by atoms with van der Waals surface area (Å²) >= 11 is 3.48. The number of pyridine rings is 1. The van der Waals surface area contributed by atoms with Gasteiger partial charge in [-0.2, -0.15) is 9.61 Å². The van der Waals surface area contributed by atoms with E-state index in [0.29, 0.717) is 12.5 Å². The van der Waals surface area contributed by atoms with Crippen LogP contribution in [0.25, 0.3) is 5.65 Å². The Morgan fingerprint density at radius 2 is 2.21 bits per heavy atom. The van der Waals surface area contributed by atoms with E-state index in [1.165, 1.54) is 0 Å². The van der Waals surface area contributed by atoms with E-state index in [4.69, 9.17) is 0 Å². The van der Waals surface area contributed by atoms with Crippen LogP contribution in [0.3, 0.4) is 0 Å². The minimum atomic E-state index is 0.525. The molecule has 0 bridgehead atoms. The standard InChI is InChI=1S/C16H20BrN6O/c1-11(2)7-18-14-6-15(23-16(21-14)13(17)9-20-23)19-8-12-4-3-5-22(24)10-12/h3-6,9-11,19,24H,7-8H2,1-2H3,(H,18,21)/q+1. The van der Waals surface area contributed by atoms with Crippen LogP contribution >= 0.6 is 15.9 Å². The van der Waals surface area contributed by atoms with Crippen molar-refractivity contribution in [2.75, 3.05) is 17.2 Å². The fraction of sp³-hybridized carbons (Fsp3) is 0.312. The molecule has 0 amide bonds. The maximum atomic E-state index is 9.50. The average molecular weight is 392 g/mol. The molecule has 0 aliphatic heterocycles. The van der Waals surface area contributed by atoms with Crippen LogP contribution in [0.2, 0.25) is 0 Å². The first kappa shape index (κ1) is 16.5. The largest absolute Gasteiger partial charge is 0.370 e. The van der Waals surface area contributed by atoms with Gasteiger partial charge in [0.2, 0.25) is 12.4 Å². The highest BCUT2D eigenvalue weighted by molar-refractivity contribution is 9.10. The van der Waals surface area contributed by atoms with Crippen molar-refractivity contribution in [2.24, 2.45) is 5.92 Å². The zero-order chi connectivity index (χ0) is 17.1. The minimum absolute atomic E-state index is 0.525. The summed E-state index contributed by atoms with van der Waals surface area (Å²) < 4.78 is 3.63. The Morgan fingerprint density at radius 3 is 2.96 bits per heavy atom. The highest BCUT2D eigenvalue weighted by Crippen LogP contribution is 2.22. The van der Waals surface area contributed by atoms with E-state index in [2.05, 4.69) is 50.5 Å². The predicted octanol–water partition coefficient (Wildman–Crippen LogP) is 2.70. The molecule has 126 valence electrons. The molecule has 3 aromatic heterocycles. The van der Waals surface area contributed by atoms with Crippen molar-refractivity contribution in [3.63, 3.8) is 0 Å². The lowest BCUT2D eigenvalue weighted by atomic mass is 10.2. The lowest BCUT2D eigenvalue weighted by molar-refractivity contribution is -0.905. The summed E-state index contributed by atoms with van der Waals surface area (Å²) in [6.45, 7) is 5.71. The second-order valence-corrected chi connectivity index (χ2v) is 6.83. The Balaban J connectivity index is 1.87. The number of nitrogens with zero attached hydrogens (tertiary/aromatic N) is 4. The molecule has 3 heterocycles. The van der Waals surface area contributed by atoms with E-state index in [1.54, 1.807) is 29.2 Å². The maximum Gasteiger partial charge on any atom is 0.227 e. The Kier molecular flexibility index (Phi) is 4.84. The quantitative estimate of drug-likeness (QED) is 0.444. The van der Waals surface area contributed by atoms with Crippen molar-refractivity contribution in [3.8, 4) is 0 Å². The number of hydrogen-bond donors (Lipinski definition) is 3. The molecule has 0 saturated heterocycles. The normalized spacial score (nSPS) is 11.2. The summed E-state index contributed by atoms with van der Waals surface area (Å²) in [6, 6.07) is 5.67. The van der Waals surface area contributed by atoms with Crippen LogP contribution in [0, 0.1) is 5.92 Å². The molecule has 0 radical (unpaired) electrons. The van der Waals surface area contributed by atoms with E-state index in [9.17, 15) is 5.21 Å². The Bertz CT molecular complexity index is 848. The van der Waals surface area contributed by atoms with Gasteiger partial charge in [-0.3, -0.25) is 5.21 Å². The van der Waals surface area contributed by atoms with Gasteiger partial charge in [-0.25, -0.2) is 4.98 Å². The fourth-order valence-electron chi connectivity index (χ4n) is 2.27. The molecule has 0 unspecified atom stereocenters. The molecule has 0 atom stereocenters. The first-order valence-electron chi connectivity index (χ1n) is 7.74. The number of fused-ring (bicyclic) bond motifs is 1. The number of rotatable bonds is 6. The average Bonchev–Trinajstić information content (AvgIpc) is 2.92. The zero-order valence-corrected chi connectivity index (χ0v) is 15.2. The van der Waals surface area contributed by atoms with Crippen LogP contribution in [-0.4, -0.2) is 26.4 Å². The van der Waals surface area contributed by atoms with Gasteiger partial charge in [-0.1, -0.05) is 13.8 Å². The first-order chi connectivity index (χ1) is 11.5. The Labute approximate surface area is 148 Å². The monoisotopic (exact) mass is 391 g/mol. The van der Waals surface area contributed by atoms with Crippen molar-refractivity contribution in [1.82, 2.24) is 14.6 Å². The van der Waals surface area contributed by atoms with Gasteiger partial charge in [0.25, 0.3) is 0 Å². The van der Waals surface area contributed by atoms with Crippen molar-refractivity contribution in [1.29, 1.82) is 0 Å². The maximum absolute atomic E-state index is 9.50. The lowest BCUT2D eigenvalue weighted by Crippen LogP contribution is -2.29. The molecule has 0 fully saturated rings. The molecule has 24 heavy (non-hydrogen) atoms. The van der Waals surface area contributed by atoms with Gasteiger partial charge < -0.3 is 10.6 Å². The molecule has 0 aromatic carbocycles. The lowest BCUT2D eigenvalue weighted by Gasteiger charge is -2.12. The van der Waals surface area contributed by atoms with Gasteiger partial charge >= 0.3 is 0 Å². The van der Waals surface area contributed by atoms with Gasteiger partial charge in [0.15, 0.2) is 5.65 Å². The molecular weight excluding hydrogens is 372 g/mol. The number of nitrogens with one attached hydrogen (secondary N) is 2. The van der Waals surface area contributed by atoms with Crippen LogP contribution in [-0.2, 0) is 6.54 Å².